The molecule has 6 nitrogen and oxygen atoms in total. The summed E-state index contributed by atoms with van der Waals surface area (Å²) in [5.74, 6) is 0.609. The maximum Gasteiger partial charge on any atom is 0.160 e. The number of benzene rings is 1. The molecule has 0 radical (unpaired) electrons. The van der Waals surface area contributed by atoms with Crippen LogP contribution in [0, 0.1) is 0 Å². The van der Waals surface area contributed by atoms with Crippen molar-refractivity contribution >= 4 is 0 Å². The van der Waals surface area contributed by atoms with Gasteiger partial charge in [-0.3, -0.25) is 9.97 Å². The summed E-state index contributed by atoms with van der Waals surface area (Å²) in [6.07, 6.45) is 3.53. The van der Waals surface area contributed by atoms with Gasteiger partial charge in [-0.25, -0.2) is 19.9 Å². The molecule has 0 atom stereocenters. The van der Waals surface area contributed by atoms with E-state index in [4.69, 9.17) is 19.9 Å². The first kappa shape index (κ1) is 21.4. The van der Waals surface area contributed by atoms with Crippen LogP contribution in [-0.2, 0) is 0 Å². The van der Waals surface area contributed by atoms with Gasteiger partial charge in [0.25, 0.3) is 0 Å². The summed E-state index contributed by atoms with van der Waals surface area (Å²) < 4.78 is 0. The smallest absolute Gasteiger partial charge is 0.160 e. The molecule has 0 unspecified atom stereocenters. The van der Waals surface area contributed by atoms with Crippen LogP contribution < -0.4 is 0 Å². The topological polar surface area (TPSA) is 77.3 Å². The van der Waals surface area contributed by atoms with E-state index in [2.05, 4.69) is 9.97 Å². The molecule has 6 aromatic rings. The number of nitrogens with zero attached hydrogens (tertiary/aromatic N) is 6. The Balaban J connectivity index is 1.50. The molecule has 5 heterocycles. The first-order chi connectivity index (χ1) is 17.8. The number of aromatic nitrogens is 6. The van der Waals surface area contributed by atoms with E-state index in [0.717, 1.165) is 39.7 Å². The van der Waals surface area contributed by atoms with Crippen molar-refractivity contribution in [2.45, 2.75) is 0 Å². The second-order valence-corrected chi connectivity index (χ2v) is 8.07. The van der Waals surface area contributed by atoms with Gasteiger partial charge in [-0.2, -0.15) is 0 Å². The fourth-order valence-corrected chi connectivity index (χ4v) is 3.89. The fraction of sp³-hybridized carbons (Fsp3) is 0. The maximum absolute atomic E-state index is 4.88. The van der Waals surface area contributed by atoms with Crippen LogP contribution >= 0.6 is 0 Å². The Labute approximate surface area is 208 Å². The normalized spacial score (nSPS) is 10.8. The lowest BCUT2D eigenvalue weighted by Gasteiger charge is -2.10. The van der Waals surface area contributed by atoms with Gasteiger partial charge in [0.05, 0.1) is 45.6 Å². The molecule has 0 amide bonds. The average molecular weight is 465 g/mol. The summed E-state index contributed by atoms with van der Waals surface area (Å²) in [6, 6.07) is 35.2. The Hall–Kier alpha value is -5.10. The van der Waals surface area contributed by atoms with E-state index in [1.165, 1.54) is 0 Å². The molecule has 0 N–H and O–H groups in total. The maximum atomic E-state index is 4.88. The van der Waals surface area contributed by atoms with Gasteiger partial charge >= 0.3 is 0 Å². The van der Waals surface area contributed by atoms with Gasteiger partial charge in [0.2, 0.25) is 0 Å². The largest absolute Gasteiger partial charge is 0.255 e. The molecule has 0 bridgehead atoms. The summed E-state index contributed by atoms with van der Waals surface area (Å²) in [5, 5.41) is 0. The molecule has 0 fully saturated rings. The first-order valence-corrected chi connectivity index (χ1v) is 11.6. The van der Waals surface area contributed by atoms with Crippen molar-refractivity contribution in [3.63, 3.8) is 0 Å². The number of pyridine rings is 4. The minimum absolute atomic E-state index is 0.609. The van der Waals surface area contributed by atoms with Crippen LogP contribution in [-0.4, -0.2) is 29.9 Å². The van der Waals surface area contributed by atoms with Gasteiger partial charge in [-0.05, 0) is 54.6 Å². The molecule has 0 spiro atoms. The van der Waals surface area contributed by atoms with E-state index >= 15 is 0 Å². The summed E-state index contributed by atoms with van der Waals surface area (Å²) in [4.78, 5) is 28.4. The zero-order valence-corrected chi connectivity index (χ0v) is 19.2. The van der Waals surface area contributed by atoms with Crippen molar-refractivity contribution < 1.29 is 0 Å². The molecule has 0 aliphatic rings. The Bertz CT molecular complexity index is 1520. The summed E-state index contributed by atoms with van der Waals surface area (Å²) >= 11 is 0. The highest BCUT2D eigenvalue weighted by Gasteiger charge is 2.14. The van der Waals surface area contributed by atoms with Crippen LogP contribution in [0.25, 0.3) is 56.9 Å². The molecule has 6 heteroatoms. The highest BCUT2D eigenvalue weighted by molar-refractivity contribution is 5.71. The summed E-state index contributed by atoms with van der Waals surface area (Å²) in [7, 11) is 0. The number of hydrogen-bond acceptors (Lipinski definition) is 6. The fourth-order valence-electron chi connectivity index (χ4n) is 3.89. The Morgan fingerprint density at radius 1 is 0.333 bits per heavy atom. The Morgan fingerprint density at radius 3 is 1.25 bits per heavy atom. The second kappa shape index (κ2) is 9.64. The minimum Gasteiger partial charge on any atom is -0.255 e. The zero-order valence-electron chi connectivity index (χ0n) is 19.2. The lowest BCUT2D eigenvalue weighted by atomic mass is 10.1. The van der Waals surface area contributed by atoms with E-state index in [9.17, 15) is 0 Å². The van der Waals surface area contributed by atoms with Crippen LogP contribution in [0.5, 0.6) is 0 Å². The lowest BCUT2D eigenvalue weighted by Crippen LogP contribution is -1.99. The zero-order chi connectivity index (χ0) is 24.2. The van der Waals surface area contributed by atoms with E-state index in [1.807, 2.05) is 109 Å². The molecule has 5 aromatic heterocycles. The molecule has 1 aromatic carbocycles. The van der Waals surface area contributed by atoms with Crippen molar-refractivity contribution in [3.8, 4) is 56.9 Å². The predicted octanol–water partition coefficient (Wildman–Crippen LogP) is 6.39. The molecule has 170 valence electrons. The monoisotopic (exact) mass is 464 g/mol. The highest BCUT2D eigenvalue weighted by Crippen LogP contribution is 2.28. The molecule has 0 aliphatic carbocycles. The third-order valence-corrected chi connectivity index (χ3v) is 5.64. The highest BCUT2D eigenvalue weighted by atomic mass is 14.9. The second-order valence-electron chi connectivity index (χ2n) is 8.07. The molecule has 0 saturated heterocycles. The van der Waals surface area contributed by atoms with Crippen LogP contribution in [0.1, 0.15) is 0 Å². The summed E-state index contributed by atoms with van der Waals surface area (Å²) in [5.41, 5.74) is 6.99. The minimum atomic E-state index is 0.609. The number of hydrogen-bond donors (Lipinski definition) is 0. The van der Waals surface area contributed by atoms with Gasteiger partial charge < -0.3 is 0 Å². The van der Waals surface area contributed by atoms with Crippen LogP contribution in [0.4, 0.5) is 0 Å². The van der Waals surface area contributed by atoms with E-state index in [-0.39, 0.29) is 0 Å². The van der Waals surface area contributed by atoms with Crippen molar-refractivity contribution in [1.29, 1.82) is 0 Å². The third-order valence-electron chi connectivity index (χ3n) is 5.64. The van der Waals surface area contributed by atoms with Gasteiger partial charge in [0.15, 0.2) is 5.82 Å². The van der Waals surface area contributed by atoms with Crippen molar-refractivity contribution in [3.05, 3.63) is 122 Å². The van der Waals surface area contributed by atoms with Gasteiger partial charge in [0, 0.05) is 18.0 Å². The summed E-state index contributed by atoms with van der Waals surface area (Å²) in [6.45, 7) is 0. The quantitative estimate of drug-likeness (QED) is 0.294. The van der Waals surface area contributed by atoms with Crippen molar-refractivity contribution in [2.24, 2.45) is 0 Å². The molecule has 0 saturated carbocycles. The molecule has 36 heavy (non-hydrogen) atoms. The standard InChI is InChI=1S/C30H20N6/c1-2-10-21(11-3-1)30-35-28(26-16-8-14-24(33-26)22-12-4-6-18-31-22)20-29(36-30)27-17-9-15-25(34-27)23-13-5-7-19-32-23/h1-20H. The molecular weight excluding hydrogens is 444 g/mol. The van der Waals surface area contributed by atoms with E-state index in [1.54, 1.807) is 12.4 Å². The number of rotatable bonds is 5. The SMILES string of the molecule is c1ccc(-c2nc(-c3cccc(-c4ccccn4)n3)cc(-c3cccc(-c4ccccn4)n3)n2)cc1. The van der Waals surface area contributed by atoms with Crippen molar-refractivity contribution in [1.82, 2.24) is 29.9 Å². The van der Waals surface area contributed by atoms with Crippen LogP contribution in [0.3, 0.4) is 0 Å². The molecule has 0 aliphatic heterocycles. The third kappa shape index (κ3) is 4.48. The average Bonchev–Trinajstić information content (AvgIpc) is 2.98. The predicted molar refractivity (Wildman–Crippen MR) is 140 cm³/mol. The Morgan fingerprint density at radius 2 is 0.778 bits per heavy atom. The lowest BCUT2D eigenvalue weighted by molar-refractivity contribution is 1.14. The van der Waals surface area contributed by atoms with E-state index < -0.39 is 0 Å². The van der Waals surface area contributed by atoms with Gasteiger partial charge in [-0.1, -0.05) is 54.6 Å². The van der Waals surface area contributed by atoms with Crippen LogP contribution in [0.15, 0.2) is 122 Å². The molecular formula is C30H20N6. The van der Waals surface area contributed by atoms with Crippen LogP contribution in [0.2, 0.25) is 0 Å². The first-order valence-electron chi connectivity index (χ1n) is 11.6. The van der Waals surface area contributed by atoms with Crippen molar-refractivity contribution in [2.75, 3.05) is 0 Å². The Kier molecular flexibility index (Phi) is 5.74. The van der Waals surface area contributed by atoms with Gasteiger partial charge in [-0.15, -0.1) is 0 Å². The molecule has 6 rings (SSSR count). The van der Waals surface area contributed by atoms with Gasteiger partial charge in [0.1, 0.15) is 0 Å². The van der Waals surface area contributed by atoms with E-state index in [0.29, 0.717) is 17.2 Å².